The molecule has 0 spiro atoms. The summed E-state index contributed by atoms with van der Waals surface area (Å²) >= 11 is 13.5. The van der Waals surface area contributed by atoms with Crippen molar-refractivity contribution in [3.05, 3.63) is 86.4 Å². The smallest absolute Gasteiger partial charge is 0.305 e. The summed E-state index contributed by atoms with van der Waals surface area (Å²) in [7, 11) is 0. The summed E-state index contributed by atoms with van der Waals surface area (Å²) in [4.78, 5) is 23.3. The molecule has 6 nitrogen and oxygen atoms in total. The number of thiophene rings is 1. The molecule has 2 N–H and O–H groups in total. The number of carbonyl (C=O) groups is 1. The lowest BCUT2D eigenvalue weighted by molar-refractivity contribution is -0.384. The monoisotopic (exact) mass is 493 g/mol. The molecule has 1 aromatic heterocycles. The number of hydrogen-bond donors (Lipinski definition) is 2. The summed E-state index contributed by atoms with van der Waals surface area (Å²) in [6, 6.07) is 11.0. The molecule has 2 amide bonds. The number of carbonyl (C=O) groups excluding carboxylic acids is 1. The van der Waals surface area contributed by atoms with Gasteiger partial charge >= 0.3 is 6.03 Å². The number of halogens is 4. The van der Waals surface area contributed by atoms with E-state index in [1.807, 2.05) is 0 Å². The Bertz CT molecular complexity index is 1390. The average molecular weight is 494 g/mol. The van der Waals surface area contributed by atoms with Gasteiger partial charge in [0.15, 0.2) is 0 Å². The van der Waals surface area contributed by atoms with Crippen molar-refractivity contribution in [1.82, 2.24) is 0 Å². The Labute approximate surface area is 193 Å². The van der Waals surface area contributed by atoms with Crippen molar-refractivity contribution in [2.45, 2.75) is 0 Å². The number of urea groups is 1. The molecule has 0 aliphatic rings. The number of nitrogens with one attached hydrogen (secondary N) is 2. The number of anilines is 2. The molecule has 11 heteroatoms. The van der Waals surface area contributed by atoms with Crippen molar-refractivity contribution >= 4 is 67.0 Å². The molecule has 0 aliphatic carbocycles. The normalized spacial score (nSPS) is 10.9. The molecule has 0 atom stereocenters. The molecule has 0 aliphatic heterocycles. The zero-order valence-electron chi connectivity index (χ0n) is 15.8. The number of nitro groups is 1. The minimum absolute atomic E-state index is 0.133. The first-order valence-electron chi connectivity index (χ1n) is 8.92. The van der Waals surface area contributed by atoms with Crippen LogP contribution in [0.1, 0.15) is 0 Å². The van der Waals surface area contributed by atoms with Gasteiger partial charge in [-0.3, -0.25) is 15.4 Å². The van der Waals surface area contributed by atoms with Crippen LogP contribution in [-0.4, -0.2) is 11.0 Å². The predicted molar refractivity (Wildman–Crippen MR) is 123 cm³/mol. The zero-order chi connectivity index (χ0) is 23.0. The van der Waals surface area contributed by atoms with Gasteiger partial charge in [0.2, 0.25) is 0 Å². The molecule has 1 heterocycles. The molecule has 162 valence electrons. The second-order valence-electron chi connectivity index (χ2n) is 6.57. The lowest BCUT2D eigenvalue weighted by Gasteiger charge is -2.11. The van der Waals surface area contributed by atoms with E-state index in [9.17, 15) is 23.7 Å². The van der Waals surface area contributed by atoms with Crippen LogP contribution >= 0.6 is 34.5 Å². The first-order chi connectivity index (χ1) is 15.2. The number of fused-ring (bicyclic) bond motifs is 1. The third-order valence-corrected chi connectivity index (χ3v) is 6.12. The maximum atomic E-state index is 13.9. The van der Waals surface area contributed by atoms with E-state index < -0.39 is 22.6 Å². The van der Waals surface area contributed by atoms with Crippen LogP contribution in [-0.2, 0) is 0 Å². The number of nitro benzene ring substituents is 1. The fraction of sp³-hybridized carbons (Fsp3) is 0. The lowest BCUT2D eigenvalue weighted by Crippen LogP contribution is -2.20. The molecular formula is C21H11Cl2F2N3O3S. The number of benzene rings is 3. The average Bonchev–Trinajstić information content (AvgIpc) is 3.07. The van der Waals surface area contributed by atoms with Crippen LogP contribution in [0.4, 0.5) is 30.0 Å². The highest BCUT2D eigenvalue weighted by molar-refractivity contribution is 7.23. The van der Waals surface area contributed by atoms with Gasteiger partial charge in [-0.25, -0.2) is 13.6 Å². The molecule has 4 rings (SSSR count). The number of nitrogens with zero attached hydrogens (tertiary/aromatic N) is 1. The Kier molecular flexibility index (Phi) is 5.96. The highest BCUT2D eigenvalue weighted by Gasteiger charge is 2.21. The van der Waals surface area contributed by atoms with Crippen molar-refractivity contribution in [3.63, 3.8) is 0 Å². The maximum absolute atomic E-state index is 13.9. The Morgan fingerprint density at radius 1 is 1.00 bits per heavy atom. The van der Waals surface area contributed by atoms with Crippen molar-refractivity contribution in [2.75, 3.05) is 10.6 Å². The van der Waals surface area contributed by atoms with Crippen LogP contribution < -0.4 is 10.6 Å². The standard InChI is InChI=1S/C21H11Cl2F2N3O3S/c22-10-1-4-13(15(23)7-10)19-14-9-12(28(30)31)3-6-18(14)32-20(19)27-21(29)26-17-5-2-11(24)8-16(17)25/h1-9H,(H2,26,27,29). The SMILES string of the molecule is O=C(Nc1ccc(F)cc1F)Nc1sc2ccc([N+](=O)[O-])cc2c1-c1ccc(Cl)cc1Cl. The Morgan fingerprint density at radius 3 is 2.47 bits per heavy atom. The van der Waals surface area contributed by atoms with E-state index in [1.165, 1.54) is 18.2 Å². The topological polar surface area (TPSA) is 84.3 Å². The van der Waals surface area contributed by atoms with Gasteiger partial charge in [-0.2, -0.15) is 0 Å². The van der Waals surface area contributed by atoms with Crippen molar-refractivity contribution in [3.8, 4) is 11.1 Å². The Hall–Kier alpha value is -3.27. The van der Waals surface area contributed by atoms with Gasteiger partial charge in [-0.1, -0.05) is 29.3 Å². The van der Waals surface area contributed by atoms with Crippen LogP contribution in [0.3, 0.4) is 0 Å². The third kappa shape index (κ3) is 4.36. The van der Waals surface area contributed by atoms with E-state index in [1.54, 1.807) is 18.2 Å². The second-order valence-corrected chi connectivity index (χ2v) is 8.47. The van der Waals surface area contributed by atoms with Gasteiger partial charge in [0.1, 0.15) is 16.6 Å². The van der Waals surface area contributed by atoms with Crippen LogP contribution in [0.25, 0.3) is 21.2 Å². The summed E-state index contributed by atoms with van der Waals surface area (Å²) in [6.07, 6.45) is 0. The van der Waals surface area contributed by atoms with E-state index in [-0.39, 0.29) is 16.4 Å². The van der Waals surface area contributed by atoms with E-state index in [0.29, 0.717) is 37.3 Å². The number of non-ortho nitro benzene ring substituents is 1. The van der Waals surface area contributed by atoms with Crippen molar-refractivity contribution < 1.29 is 18.5 Å². The minimum atomic E-state index is -0.937. The van der Waals surface area contributed by atoms with Crippen LogP contribution in [0.2, 0.25) is 10.0 Å². The van der Waals surface area contributed by atoms with Crippen molar-refractivity contribution in [1.29, 1.82) is 0 Å². The van der Waals surface area contributed by atoms with E-state index in [0.717, 1.165) is 23.5 Å². The molecule has 0 bridgehead atoms. The quantitative estimate of drug-likeness (QED) is 0.225. The molecule has 0 unspecified atom stereocenters. The molecule has 4 aromatic rings. The summed E-state index contributed by atoms with van der Waals surface area (Å²) in [5.74, 6) is -1.72. The summed E-state index contributed by atoms with van der Waals surface area (Å²) in [5, 5.41) is 17.7. The van der Waals surface area contributed by atoms with E-state index in [2.05, 4.69) is 10.6 Å². The fourth-order valence-corrected chi connectivity index (χ4v) is 4.69. The fourth-order valence-electron chi connectivity index (χ4n) is 3.09. The molecule has 0 saturated carbocycles. The van der Waals surface area contributed by atoms with Crippen LogP contribution in [0.15, 0.2) is 54.6 Å². The first-order valence-corrected chi connectivity index (χ1v) is 10.5. The molecule has 32 heavy (non-hydrogen) atoms. The Balaban J connectivity index is 1.79. The van der Waals surface area contributed by atoms with Gasteiger partial charge < -0.3 is 5.32 Å². The van der Waals surface area contributed by atoms with Crippen LogP contribution in [0.5, 0.6) is 0 Å². The molecule has 3 aromatic carbocycles. The van der Waals surface area contributed by atoms with Crippen molar-refractivity contribution in [2.24, 2.45) is 0 Å². The van der Waals surface area contributed by atoms with Gasteiger partial charge in [-0.15, -0.1) is 11.3 Å². The number of hydrogen-bond acceptors (Lipinski definition) is 4. The highest BCUT2D eigenvalue weighted by atomic mass is 35.5. The predicted octanol–water partition coefficient (Wildman–Crippen LogP) is 7.71. The third-order valence-electron chi connectivity index (χ3n) is 4.49. The zero-order valence-corrected chi connectivity index (χ0v) is 18.1. The molecule has 0 radical (unpaired) electrons. The molecule has 0 fully saturated rings. The van der Waals surface area contributed by atoms with Gasteiger partial charge in [0.05, 0.1) is 15.6 Å². The van der Waals surface area contributed by atoms with E-state index in [4.69, 9.17) is 23.2 Å². The summed E-state index contributed by atoms with van der Waals surface area (Å²) in [5.41, 5.74) is 0.592. The molecular weight excluding hydrogens is 483 g/mol. The maximum Gasteiger partial charge on any atom is 0.324 e. The van der Waals surface area contributed by atoms with Gasteiger partial charge in [0, 0.05) is 44.4 Å². The largest absolute Gasteiger partial charge is 0.324 e. The van der Waals surface area contributed by atoms with Gasteiger partial charge in [0.25, 0.3) is 5.69 Å². The second kappa shape index (κ2) is 8.70. The van der Waals surface area contributed by atoms with Crippen LogP contribution in [0, 0.1) is 21.7 Å². The minimum Gasteiger partial charge on any atom is -0.305 e. The summed E-state index contributed by atoms with van der Waals surface area (Å²) in [6.45, 7) is 0. The number of rotatable bonds is 4. The number of amides is 2. The summed E-state index contributed by atoms with van der Waals surface area (Å²) < 4.78 is 27.7. The van der Waals surface area contributed by atoms with E-state index >= 15 is 0 Å². The highest BCUT2D eigenvalue weighted by Crippen LogP contribution is 2.46. The first kappa shape index (κ1) is 21.9. The lowest BCUT2D eigenvalue weighted by atomic mass is 10.0. The van der Waals surface area contributed by atoms with Gasteiger partial charge in [-0.05, 0) is 30.3 Å². The Morgan fingerprint density at radius 2 is 1.78 bits per heavy atom. The molecule has 0 saturated heterocycles.